The van der Waals surface area contributed by atoms with Crippen molar-refractivity contribution in [2.75, 3.05) is 0 Å². The third-order valence-corrected chi connectivity index (χ3v) is 3.70. The molecule has 2 aromatic carbocycles. The average molecular weight is 333 g/mol. The lowest BCUT2D eigenvalue weighted by Crippen LogP contribution is -2.10. The number of hydrogen-bond acceptors (Lipinski definition) is 2. The van der Waals surface area contributed by atoms with Crippen molar-refractivity contribution in [3.63, 3.8) is 0 Å². The summed E-state index contributed by atoms with van der Waals surface area (Å²) >= 11 is 3.32. The fourth-order valence-electron chi connectivity index (χ4n) is 2.15. The standard InChI is InChI=1S/C15H10BrFN2O/c16-8-9-4-3-6-11(17)13(9)14-18-12-7-2-1-5-10(12)15(20)19-14/h1-7H,8H2,(H,18,19,20). The van der Waals surface area contributed by atoms with Gasteiger partial charge in [0.15, 0.2) is 0 Å². The van der Waals surface area contributed by atoms with E-state index in [0.717, 1.165) is 5.56 Å². The second kappa shape index (κ2) is 5.17. The van der Waals surface area contributed by atoms with Gasteiger partial charge in [-0.2, -0.15) is 0 Å². The molecule has 1 aromatic heterocycles. The Balaban J connectivity index is 2.33. The molecule has 0 saturated carbocycles. The Labute approximate surface area is 122 Å². The van der Waals surface area contributed by atoms with Gasteiger partial charge in [-0.3, -0.25) is 4.79 Å². The van der Waals surface area contributed by atoms with Crippen LogP contribution in [0.5, 0.6) is 0 Å². The van der Waals surface area contributed by atoms with E-state index in [4.69, 9.17) is 0 Å². The summed E-state index contributed by atoms with van der Waals surface area (Å²) in [5.74, 6) is -0.151. The molecule has 0 unspecified atom stereocenters. The number of aromatic nitrogens is 2. The maximum Gasteiger partial charge on any atom is 0.259 e. The van der Waals surface area contributed by atoms with Crippen molar-refractivity contribution >= 4 is 26.8 Å². The number of alkyl halides is 1. The summed E-state index contributed by atoms with van der Waals surface area (Å²) in [6, 6.07) is 11.8. The molecule has 5 heteroatoms. The van der Waals surface area contributed by atoms with Crippen LogP contribution in [-0.4, -0.2) is 9.97 Å². The van der Waals surface area contributed by atoms with Crippen LogP contribution in [0.25, 0.3) is 22.3 Å². The molecule has 3 nitrogen and oxygen atoms in total. The number of nitrogens with one attached hydrogen (secondary N) is 1. The molecule has 0 spiro atoms. The number of aromatic amines is 1. The van der Waals surface area contributed by atoms with Crippen LogP contribution < -0.4 is 5.56 Å². The number of hydrogen-bond donors (Lipinski definition) is 1. The first-order chi connectivity index (χ1) is 9.70. The maximum absolute atomic E-state index is 14.1. The molecule has 20 heavy (non-hydrogen) atoms. The third kappa shape index (κ3) is 2.14. The molecule has 0 radical (unpaired) electrons. The quantitative estimate of drug-likeness (QED) is 0.728. The van der Waals surface area contributed by atoms with E-state index in [-0.39, 0.29) is 11.4 Å². The zero-order valence-corrected chi connectivity index (χ0v) is 11.9. The highest BCUT2D eigenvalue weighted by molar-refractivity contribution is 9.08. The van der Waals surface area contributed by atoms with E-state index in [9.17, 15) is 9.18 Å². The van der Waals surface area contributed by atoms with Crippen molar-refractivity contribution in [2.45, 2.75) is 5.33 Å². The van der Waals surface area contributed by atoms with E-state index in [2.05, 4.69) is 25.9 Å². The van der Waals surface area contributed by atoms with Crippen LogP contribution in [-0.2, 0) is 5.33 Å². The van der Waals surface area contributed by atoms with Crippen molar-refractivity contribution in [3.8, 4) is 11.4 Å². The van der Waals surface area contributed by atoms with Crippen LogP contribution >= 0.6 is 15.9 Å². The molecule has 0 saturated heterocycles. The van der Waals surface area contributed by atoms with Gasteiger partial charge in [0, 0.05) is 5.33 Å². The molecule has 0 fully saturated rings. The molecule has 0 amide bonds. The SMILES string of the molecule is O=c1[nH]c(-c2c(F)cccc2CBr)nc2ccccc12. The number of rotatable bonds is 2. The molecule has 100 valence electrons. The third-order valence-electron chi connectivity index (χ3n) is 3.09. The van der Waals surface area contributed by atoms with Gasteiger partial charge < -0.3 is 4.98 Å². The van der Waals surface area contributed by atoms with Crippen LogP contribution in [0.2, 0.25) is 0 Å². The molecule has 3 aromatic rings. The van der Waals surface area contributed by atoms with Gasteiger partial charge in [-0.15, -0.1) is 0 Å². The Kier molecular flexibility index (Phi) is 3.36. The topological polar surface area (TPSA) is 45.8 Å². The number of nitrogens with zero attached hydrogens (tertiary/aromatic N) is 1. The van der Waals surface area contributed by atoms with Gasteiger partial charge in [0.2, 0.25) is 0 Å². The fraction of sp³-hybridized carbons (Fsp3) is 0.0667. The molecule has 1 N–H and O–H groups in total. The van der Waals surface area contributed by atoms with E-state index >= 15 is 0 Å². The second-order valence-electron chi connectivity index (χ2n) is 4.34. The summed E-state index contributed by atoms with van der Waals surface area (Å²) in [5.41, 5.74) is 1.35. The van der Waals surface area contributed by atoms with Gasteiger partial charge in [-0.1, -0.05) is 40.2 Å². The summed E-state index contributed by atoms with van der Waals surface area (Å²) in [6.45, 7) is 0. The van der Waals surface area contributed by atoms with Crippen molar-refractivity contribution in [2.24, 2.45) is 0 Å². The van der Waals surface area contributed by atoms with E-state index in [1.165, 1.54) is 6.07 Å². The summed E-state index contributed by atoms with van der Waals surface area (Å²) in [7, 11) is 0. The first kappa shape index (κ1) is 13.0. The summed E-state index contributed by atoms with van der Waals surface area (Å²) in [6.07, 6.45) is 0. The van der Waals surface area contributed by atoms with Gasteiger partial charge in [0.1, 0.15) is 11.6 Å². The van der Waals surface area contributed by atoms with Gasteiger partial charge in [-0.05, 0) is 23.8 Å². The highest BCUT2D eigenvalue weighted by Crippen LogP contribution is 2.25. The molecule has 0 aliphatic heterocycles. The van der Waals surface area contributed by atoms with Crippen molar-refractivity contribution in [1.82, 2.24) is 9.97 Å². The molecule has 1 heterocycles. The average Bonchev–Trinajstić information content (AvgIpc) is 2.46. The molecule has 0 atom stereocenters. The van der Waals surface area contributed by atoms with Gasteiger partial charge >= 0.3 is 0 Å². The molecule has 3 rings (SSSR count). The molecular formula is C15H10BrFN2O. The smallest absolute Gasteiger partial charge is 0.259 e. The van der Waals surface area contributed by atoms with E-state index in [1.54, 1.807) is 36.4 Å². The number of halogens is 2. The molecule has 0 aliphatic carbocycles. The Hall–Kier alpha value is -2.01. The Morgan fingerprint density at radius 1 is 1.15 bits per heavy atom. The normalized spacial score (nSPS) is 10.9. The predicted octanol–water partition coefficient (Wildman–Crippen LogP) is 3.62. The van der Waals surface area contributed by atoms with Crippen LogP contribution in [0.15, 0.2) is 47.3 Å². The summed E-state index contributed by atoms with van der Waals surface area (Å²) in [4.78, 5) is 19.1. The number of H-pyrrole nitrogens is 1. The lowest BCUT2D eigenvalue weighted by molar-refractivity contribution is 0.629. The van der Waals surface area contributed by atoms with Crippen LogP contribution in [0, 0.1) is 5.82 Å². The lowest BCUT2D eigenvalue weighted by atomic mass is 10.1. The summed E-state index contributed by atoms with van der Waals surface area (Å²) in [5, 5.41) is 0.976. The van der Waals surface area contributed by atoms with Crippen LogP contribution in [0.4, 0.5) is 4.39 Å². The molecular weight excluding hydrogens is 323 g/mol. The van der Waals surface area contributed by atoms with E-state index < -0.39 is 5.82 Å². The largest absolute Gasteiger partial charge is 0.306 e. The van der Waals surface area contributed by atoms with Crippen molar-refractivity contribution in [1.29, 1.82) is 0 Å². The van der Waals surface area contributed by atoms with Crippen LogP contribution in [0.1, 0.15) is 5.56 Å². The Morgan fingerprint density at radius 2 is 1.95 bits per heavy atom. The zero-order valence-electron chi connectivity index (χ0n) is 10.4. The van der Waals surface area contributed by atoms with Crippen LogP contribution in [0.3, 0.4) is 0 Å². The number of benzene rings is 2. The van der Waals surface area contributed by atoms with Gasteiger partial charge in [0.05, 0.1) is 16.5 Å². The minimum Gasteiger partial charge on any atom is -0.306 e. The monoisotopic (exact) mass is 332 g/mol. The highest BCUT2D eigenvalue weighted by atomic mass is 79.9. The maximum atomic E-state index is 14.1. The fourth-order valence-corrected chi connectivity index (χ4v) is 2.62. The first-order valence-corrected chi connectivity index (χ1v) is 7.15. The minimum atomic E-state index is -0.402. The number of para-hydroxylation sites is 1. The zero-order chi connectivity index (χ0) is 14.1. The molecule has 0 aliphatic rings. The molecule has 0 bridgehead atoms. The van der Waals surface area contributed by atoms with E-state index in [0.29, 0.717) is 21.8 Å². The minimum absolute atomic E-state index is 0.251. The van der Waals surface area contributed by atoms with Crippen molar-refractivity contribution in [3.05, 3.63) is 64.2 Å². The lowest BCUT2D eigenvalue weighted by Gasteiger charge is -2.08. The highest BCUT2D eigenvalue weighted by Gasteiger charge is 2.13. The first-order valence-electron chi connectivity index (χ1n) is 6.03. The van der Waals surface area contributed by atoms with E-state index in [1.807, 2.05) is 0 Å². The Bertz CT molecular complexity index is 845. The van der Waals surface area contributed by atoms with Gasteiger partial charge in [0.25, 0.3) is 5.56 Å². The van der Waals surface area contributed by atoms with Gasteiger partial charge in [-0.25, -0.2) is 9.37 Å². The number of fused-ring (bicyclic) bond motifs is 1. The van der Waals surface area contributed by atoms with Crippen molar-refractivity contribution < 1.29 is 4.39 Å². The predicted molar refractivity (Wildman–Crippen MR) is 80.4 cm³/mol. The summed E-state index contributed by atoms with van der Waals surface area (Å²) < 4.78 is 14.1. The Morgan fingerprint density at radius 3 is 2.75 bits per heavy atom. The second-order valence-corrected chi connectivity index (χ2v) is 4.90.